The molecule has 39 heavy (non-hydrogen) atoms. The molecule has 1 fully saturated rings. The maximum atomic E-state index is 12.9. The SMILES string of the molecule is CC(C(=O)NCC1CCC(Nc2nc(N(C)C)c3ccccc3n2)CC1)c1ccc(C(=O)c2cccs2)cc1. The topological polar surface area (TPSA) is 87.2 Å². The molecule has 8 heteroatoms. The number of hydrogen-bond donors (Lipinski definition) is 2. The summed E-state index contributed by atoms with van der Waals surface area (Å²) in [6.07, 6.45) is 4.12. The summed E-state index contributed by atoms with van der Waals surface area (Å²) in [6, 6.07) is 19.5. The van der Waals surface area contributed by atoms with E-state index in [1.807, 2.05) is 85.9 Å². The van der Waals surface area contributed by atoms with E-state index in [1.165, 1.54) is 11.3 Å². The number of nitrogens with zero attached hydrogens (tertiary/aromatic N) is 3. The summed E-state index contributed by atoms with van der Waals surface area (Å²) in [6.45, 7) is 2.60. The molecule has 1 amide bonds. The lowest BCUT2D eigenvalue weighted by molar-refractivity contribution is -0.122. The van der Waals surface area contributed by atoms with Gasteiger partial charge in [-0.05, 0) is 67.7 Å². The van der Waals surface area contributed by atoms with E-state index in [0.717, 1.165) is 52.8 Å². The van der Waals surface area contributed by atoms with Gasteiger partial charge in [-0.15, -0.1) is 11.3 Å². The Morgan fingerprint density at radius 1 is 0.974 bits per heavy atom. The number of thiophene rings is 1. The fourth-order valence-corrected chi connectivity index (χ4v) is 5.87. The fraction of sp³-hybridized carbons (Fsp3) is 0.355. The van der Waals surface area contributed by atoms with Crippen LogP contribution in [0.5, 0.6) is 0 Å². The van der Waals surface area contributed by atoms with Gasteiger partial charge in [0.1, 0.15) is 5.82 Å². The molecule has 1 atom stereocenters. The van der Waals surface area contributed by atoms with E-state index in [0.29, 0.717) is 30.0 Å². The third-order valence-electron chi connectivity index (χ3n) is 7.56. The number of benzene rings is 2. The summed E-state index contributed by atoms with van der Waals surface area (Å²) in [5, 5.41) is 9.66. The third kappa shape index (κ3) is 6.28. The van der Waals surface area contributed by atoms with Gasteiger partial charge in [0.15, 0.2) is 0 Å². The van der Waals surface area contributed by atoms with E-state index < -0.39 is 0 Å². The Morgan fingerprint density at radius 3 is 2.41 bits per heavy atom. The van der Waals surface area contributed by atoms with Crippen LogP contribution in [0.25, 0.3) is 10.9 Å². The van der Waals surface area contributed by atoms with Gasteiger partial charge < -0.3 is 15.5 Å². The first-order valence-corrected chi connectivity index (χ1v) is 14.4. The molecule has 2 N–H and O–H groups in total. The first-order chi connectivity index (χ1) is 18.9. The second-order valence-electron chi connectivity index (χ2n) is 10.5. The Labute approximate surface area is 233 Å². The van der Waals surface area contributed by atoms with Crippen LogP contribution in [0, 0.1) is 5.92 Å². The number of amides is 1. The molecule has 7 nitrogen and oxygen atoms in total. The number of carbonyl (C=O) groups is 2. The van der Waals surface area contributed by atoms with Crippen molar-refractivity contribution in [2.75, 3.05) is 30.9 Å². The normalized spacial score (nSPS) is 17.9. The van der Waals surface area contributed by atoms with Gasteiger partial charge in [-0.3, -0.25) is 9.59 Å². The largest absolute Gasteiger partial charge is 0.362 e. The highest BCUT2D eigenvalue weighted by atomic mass is 32.1. The van der Waals surface area contributed by atoms with Crippen LogP contribution in [0.1, 0.15) is 59.3 Å². The summed E-state index contributed by atoms with van der Waals surface area (Å²) in [5.74, 6) is 1.81. The van der Waals surface area contributed by atoms with Gasteiger partial charge in [0.25, 0.3) is 0 Å². The molecule has 1 saturated carbocycles. The zero-order chi connectivity index (χ0) is 27.4. The van der Waals surface area contributed by atoms with Crippen LogP contribution < -0.4 is 15.5 Å². The zero-order valence-corrected chi connectivity index (χ0v) is 23.5. The predicted molar refractivity (Wildman–Crippen MR) is 159 cm³/mol. The van der Waals surface area contributed by atoms with Crippen molar-refractivity contribution in [2.45, 2.75) is 44.6 Å². The zero-order valence-electron chi connectivity index (χ0n) is 22.7. The maximum absolute atomic E-state index is 12.9. The second kappa shape index (κ2) is 11.9. The summed E-state index contributed by atoms with van der Waals surface area (Å²) < 4.78 is 0. The summed E-state index contributed by atoms with van der Waals surface area (Å²) >= 11 is 1.44. The van der Waals surface area contributed by atoms with Crippen molar-refractivity contribution in [1.82, 2.24) is 15.3 Å². The van der Waals surface area contributed by atoms with Crippen LogP contribution >= 0.6 is 11.3 Å². The molecule has 0 bridgehead atoms. The highest BCUT2D eigenvalue weighted by Gasteiger charge is 2.24. The monoisotopic (exact) mass is 541 g/mol. The van der Waals surface area contributed by atoms with E-state index in [1.54, 1.807) is 0 Å². The minimum absolute atomic E-state index is 0.0177. The molecule has 0 radical (unpaired) electrons. The van der Waals surface area contributed by atoms with Gasteiger partial charge in [-0.2, -0.15) is 4.98 Å². The molecule has 1 aliphatic carbocycles. The van der Waals surface area contributed by atoms with Crippen molar-refractivity contribution < 1.29 is 9.59 Å². The van der Waals surface area contributed by atoms with E-state index in [-0.39, 0.29) is 17.6 Å². The van der Waals surface area contributed by atoms with Gasteiger partial charge in [-0.1, -0.05) is 42.5 Å². The van der Waals surface area contributed by atoms with Crippen LogP contribution in [0.2, 0.25) is 0 Å². The van der Waals surface area contributed by atoms with E-state index >= 15 is 0 Å². The average Bonchev–Trinajstić information content (AvgIpc) is 3.51. The molecule has 2 aromatic heterocycles. The fourth-order valence-electron chi connectivity index (χ4n) is 5.18. The summed E-state index contributed by atoms with van der Waals surface area (Å²) in [4.78, 5) is 37.7. The Kier molecular flexibility index (Phi) is 8.21. The minimum atomic E-state index is -0.273. The predicted octanol–water partition coefficient (Wildman–Crippen LogP) is 5.88. The van der Waals surface area contributed by atoms with Crippen molar-refractivity contribution in [1.29, 1.82) is 0 Å². The lowest BCUT2D eigenvalue weighted by atomic mass is 9.86. The first kappa shape index (κ1) is 26.8. The average molecular weight is 542 g/mol. The molecule has 2 heterocycles. The lowest BCUT2D eigenvalue weighted by Gasteiger charge is -2.29. The smallest absolute Gasteiger partial charge is 0.227 e. The molecule has 1 aliphatic rings. The Bertz CT molecular complexity index is 1430. The first-order valence-electron chi connectivity index (χ1n) is 13.6. The Balaban J connectivity index is 1.10. The van der Waals surface area contributed by atoms with Gasteiger partial charge in [0.2, 0.25) is 17.6 Å². The van der Waals surface area contributed by atoms with Crippen molar-refractivity contribution in [3.63, 3.8) is 0 Å². The van der Waals surface area contributed by atoms with Gasteiger partial charge >= 0.3 is 0 Å². The quantitative estimate of drug-likeness (QED) is 0.257. The number of ketones is 1. The van der Waals surface area contributed by atoms with Crippen molar-refractivity contribution in [3.8, 4) is 0 Å². The van der Waals surface area contributed by atoms with Crippen molar-refractivity contribution >= 4 is 45.7 Å². The molecular weight excluding hydrogens is 506 g/mol. The molecule has 0 aliphatic heterocycles. The second-order valence-corrected chi connectivity index (χ2v) is 11.5. The number of rotatable bonds is 9. The molecular formula is C31H35N5O2S. The minimum Gasteiger partial charge on any atom is -0.362 e. The van der Waals surface area contributed by atoms with Crippen LogP contribution in [0.3, 0.4) is 0 Å². The standard InChI is InChI=1S/C31H35N5O2S/c1-20(22-12-14-23(15-13-22)28(37)27-9-6-18-39-27)30(38)32-19-21-10-16-24(17-11-21)33-31-34-26-8-5-4-7-25(26)29(35-31)36(2)3/h4-9,12-15,18,20-21,24H,10-11,16-17,19H2,1-3H3,(H,32,38)(H,33,34,35). The molecule has 1 unspecified atom stereocenters. The molecule has 202 valence electrons. The van der Waals surface area contributed by atoms with Gasteiger partial charge in [-0.25, -0.2) is 4.98 Å². The summed E-state index contributed by atoms with van der Waals surface area (Å²) in [5.41, 5.74) is 2.50. The number of para-hydroxylation sites is 1. The third-order valence-corrected chi connectivity index (χ3v) is 8.43. The molecule has 0 saturated heterocycles. The number of aromatic nitrogens is 2. The molecule has 2 aromatic carbocycles. The molecule has 4 aromatic rings. The van der Waals surface area contributed by atoms with Crippen LogP contribution in [0.15, 0.2) is 66.0 Å². The highest BCUT2D eigenvalue weighted by Crippen LogP contribution is 2.28. The van der Waals surface area contributed by atoms with E-state index in [2.05, 4.69) is 16.7 Å². The molecule has 0 spiro atoms. The lowest BCUT2D eigenvalue weighted by Crippen LogP contribution is -2.36. The van der Waals surface area contributed by atoms with E-state index in [9.17, 15) is 9.59 Å². The molecule has 5 rings (SSSR count). The number of hydrogen-bond acceptors (Lipinski definition) is 7. The highest BCUT2D eigenvalue weighted by molar-refractivity contribution is 7.12. The van der Waals surface area contributed by atoms with Crippen LogP contribution in [0.4, 0.5) is 11.8 Å². The van der Waals surface area contributed by atoms with Gasteiger partial charge in [0.05, 0.1) is 16.3 Å². The van der Waals surface area contributed by atoms with Crippen molar-refractivity contribution in [3.05, 3.63) is 82.0 Å². The number of nitrogens with one attached hydrogen (secondary N) is 2. The maximum Gasteiger partial charge on any atom is 0.227 e. The number of fused-ring (bicyclic) bond motifs is 1. The Hall–Kier alpha value is -3.78. The summed E-state index contributed by atoms with van der Waals surface area (Å²) in [7, 11) is 4.00. The van der Waals surface area contributed by atoms with Gasteiger partial charge in [0, 0.05) is 37.6 Å². The van der Waals surface area contributed by atoms with Crippen LogP contribution in [-0.2, 0) is 4.79 Å². The Morgan fingerprint density at radius 2 is 1.72 bits per heavy atom. The van der Waals surface area contributed by atoms with E-state index in [4.69, 9.17) is 9.97 Å². The van der Waals surface area contributed by atoms with Crippen LogP contribution in [-0.4, -0.2) is 48.3 Å². The number of carbonyl (C=O) groups excluding carboxylic acids is 2. The number of anilines is 2. The van der Waals surface area contributed by atoms with Crippen molar-refractivity contribution in [2.24, 2.45) is 5.92 Å².